The molecule has 0 unspecified atom stereocenters. The van der Waals surface area contributed by atoms with Crippen LogP contribution in [0.15, 0.2) is 46.1 Å². The van der Waals surface area contributed by atoms with Crippen LogP contribution in [-0.2, 0) is 5.75 Å². The van der Waals surface area contributed by atoms with Crippen molar-refractivity contribution in [3.63, 3.8) is 0 Å². The number of aryl methyl sites for hydroxylation is 2. The first-order valence-corrected chi connectivity index (χ1v) is 10.4. The Hall–Kier alpha value is -3.20. The predicted octanol–water partition coefficient (Wildman–Crippen LogP) is 3.52. The van der Waals surface area contributed by atoms with Crippen molar-refractivity contribution in [3.05, 3.63) is 59.1 Å². The average Bonchev–Trinajstić information content (AvgIpc) is 3.35. The lowest BCUT2D eigenvalue weighted by atomic mass is 10.2. The van der Waals surface area contributed by atoms with Gasteiger partial charge >= 0.3 is 0 Å². The molecular formula is C21H21N3O5S. The van der Waals surface area contributed by atoms with E-state index in [9.17, 15) is 4.79 Å². The van der Waals surface area contributed by atoms with Crippen LogP contribution in [0.1, 0.15) is 27.4 Å². The molecule has 0 bridgehead atoms. The molecule has 0 fully saturated rings. The van der Waals surface area contributed by atoms with Crippen LogP contribution >= 0.6 is 11.8 Å². The Labute approximate surface area is 177 Å². The highest BCUT2D eigenvalue weighted by Gasteiger charge is 2.16. The first kappa shape index (κ1) is 20.1. The summed E-state index contributed by atoms with van der Waals surface area (Å²) < 4.78 is 21.5. The molecule has 1 aromatic carbocycles. The van der Waals surface area contributed by atoms with Crippen molar-refractivity contribution in [3.8, 4) is 17.2 Å². The molecule has 8 nitrogen and oxygen atoms in total. The summed E-state index contributed by atoms with van der Waals surface area (Å²) >= 11 is 1.48. The third-order valence-electron chi connectivity index (χ3n) is 4.55. The summed E-state index contributed by atoms with van der Waals surface area (Å²) in [7, 11) is 0. The van der Waals surface area contributed by atoms with E-state index < -0.39 is 0 Å². The number of ether oxygens (including phenoxy) is 3. The van der Waals surface area contributed by atoms with E-state index in [0.717, 1.165) is 17.0 Å². The van der Waals surface area contributed by atoms with Crippen LogP contribution in [-0.4, -0.2) is 36.0 Å². The minimum Gasteiger partial charge on any atom is -0.492 e. The van der Waals surface area contributed by atoms with Gasteiger partial charge in [-0.05, 0) is 38.1 Å². The standard InChI is InChI=1S/C21H21N3O5S/c1-13-17(14(2)29-24-13)11-30-21-16(4-3-7-23-21)20(25)22-8-9-26-15-5-6-18-19(10-15)28-12-27-18/h3-7,10H,8-9,11-12H2,1-2H3,(H,22,25). The molecule has 156 valence electrons. The lowest BCUT2D eigenvalue weighted by molar-refractivity contribution is 0.0943. The Bertz CT molecular complexity index is 1030. The monoisotopic (exact) mass is 427 g/mol. The van der Waals surface area contributed by atoms with Crippen molar-refractivity contribution < 1.29 is 23.5 Å². The lowest BCUT2D eigenvalue weighted by Crippen LogP contribution is -2.28. The van der Waals surface area contributed by atoms with Gasteiger partial charge < -0.3 is 24.1 Å². The van der Waals surface area contributed by atoms with Gasteiger partial charge in [-0.25, -0.2) is 4.98 Å². The zero-order chi connectivity index (χ0) is 20.9. The molecule has 1 amide bonds. The number of carbonyl (C=O) groups excluding carboxylic acids is 1. The summed E-state index contributed by atoms with van der Waals surface area (Å²) in [5.74, 6) is 3.23. The fraction of sp³-hybridized carbons (Fsp3) is 0.286. The normalized spacial score (nSPS) is 12.1. The van der Waals surface area contributed by atoms with Gasteiger partial charge in [0.1, 0.15) is 23.1 Å². The van der Waals surface area contributed by atoms with Gasteiger partial charge in [0.25, 0.3) is 5.91 Å². The van der Waals surface area contributed by atoms with E-state index in [1.54, 1.807) is 36.5 Å². The van der Waals surface area contributed by atoms with E-state index in [4.69, 9.17) is 18.7 Å². The number of carbonyl (C=O) groups is 1. The quantitative estimate of drug-likeness (QED) is 0.431. The molecule has 0 saturated heterocycles. The maximum atomic E-state index is 12.6. The summed E-state index contributed by atoms with van der Waals surface area (Å²) in [6, 6.07) is 8.89. The lowest BCUT2D eigenvalue weighted by Gasteiger charge is -2.10. The molecule has 0 spiro atoms. The largest absolute Gasteiger partial charge is 0.492 e. The van der Waals surface area contributed by atoms with Crippen LogP contribution in [0.4, 0.5) is 0 Å². The molecule has 2 aromatic heterocycles. The maximum Gasteiger partial charge on any atom is 0.254 e. The Balaban J connectivity index is 1.30. The molecular weight excluding hydrogens is 406 g/mol. The maximum absolute atomic E-state index is 12.6. The van der Waals surface area contributed by atoms with Gasteiger partial charge in [-0.15, -0.1) is 11.8 Å². The number of amides is 1. The van der Waals surface area contributed by atoms with Crippen LogP contribution in [0.3, 0.4) is 0 Å². The van der Waals surface area contributed by atoms with Gasteiger partial charge in [-0.1, -0.05) is 5.16 Å². The minimum atomic E-state index is -0.196. The van der Waals surface area contributed by atoms with E-state index in [-0.39, 0.29) is 12.7 Å². The first-order chi connectivity index (χ1) is 14.6. The zero-order valence-electron chi connectivity index (χ0n) is 16.6. The Morgan fingerprint density at radius 3 is 2.93 bits per heavy atom. The van der Waals surface area contributed by atoms with Gasteiger partial charge in [-0.3, -0.25) is 4.79 Å². The van der Waals surface area contributed by atoms with Crippen molar-refractivity contribution in [2.24, 2.45) is 0 Å². The smallest absolute Gasteiger partial charge is 0.254 e. The predicted molar refractivity (Wildman–Crippen MR) is 110 cm³/mol. The van der Waals surface area contributed by atoms with Crippen LogP contribution in [0.25, 0.3) is 0 Å². The SMILES string of the molecule is Cc1noc(C)c1CSc1ncccc1C(=O)NCCOc1ccc2c(c1)OCO2. The highest BCUT2D eigenvalue weighted by molar-refractivity contribution is 7.98. The van der Waals surface area contributed by atoms with E-state index in [1.165, 1.54) is 11.8 Å². The second-order valence-electron chi connectivity index (χ2n) is 6.57. The minimum absolute atomic E-state index is 0.196. The van der Waals surface area contributed by atoms with Gasteiger partial charge in [0.15, 0.2) is 11.5 Å². The fourth-order valence-electron chi connectivity index (χ4n) is 2.92. The molecule has 1 N–H and O–H groups in total. The number of benzene rings is 1. The number of thioether (sulfide) groups is 1. The highest BCUT2D eigenvalue weighted by Crippen LogP contribution is 2.35. The summed E-state index contributed by atoms with van der Waals surface area (Å²) in [5, 5.41) is 7.50. The van der Waals surface area contributed by atoms with Crippen LogP contribution < -0.4 is 19.5 Å². The number of hydrogen-bond acceptors (Lipinski definition) is 8. The van der Waals surface area contributed by atoms with Crippen LogP contribution in [0.2, 0.25) is 0 Å². The fourth-order valence-corrected chi connectivity index (χ4v) is 4.07. The molecule has 3 aromatic rings. The second kappa shape index (κ2) is 9.08. The van der Waals surface area contributed by atoms with Crippen molar-refractivity contribution in [2.75, 3.05) is 19.9 Å². The van der Waals surface area contributed by atoms with Crippen LogP contribution in [0, 0.1) is 13.8 Å². The number of hydrogen-bond donors (Lipinski definition) is 1. The topological polar surface area (TPSA) is 95.7 Å². The van der Waals surface area contributed by atoms with Crippen molar-refractivity contribution >= 4 is 17.7 Å². The Kier molecular flexibility index (Phi) is 6.08. The highest BCUT2D eigenvalue weighted by atomic mass is 32.2. The number of rotatable bonds is 8. The summed E-state index contributed by atoms with van der Waals surface area (Å²) in [6.45, 7) is 4.68. The van der Waals surface area contributed by atoms with Gasteiger partial charge in [0.2, 0.25) is 6.79 Å². The number of nitrogens with zero attached hydrogens (tertiary/aromatic N) is 2. The molecule has 0 saturated carbocycles. The first-order valence-electron chi connectivity index (χ1n) is 9.42. The summed E-state index contributed by atoms with van der Waals surface area (Å²) in [6.07, 6.45) is 1.68. The van der Waals surface area contributed by atoms with Crippen molar-refractivity contribution in [1.29, 1.82) is 0 Å². The number of aromatic nitrogens is 2. The molecule has 0 radical (unpaired) electrons. The molecule has 30 heavy (non-hydrogen) atoms. The van der Waals surface area contributed by atoms with Gasteiger partial charge in [-0.2, -0.15) is 0 Å². The zero-order valence-corrected chi connectivity index (χ0v) is 17.5. The third-order valence-corrected chi connectivity index (χ3v) is 5.58. The summed E-state index contributed by atoms with van der Waals surface area (Å²) in [5.41, 5.74) is 2.40. The van der Waals surface area contributed by atoms with E-state index >= 15 is 0 Å². The summed E-state index contributed by atoms with van der Waals surface area (Å²) in [4.78, 5) is 17.0. The van der Waals surface area contributed by atoms with Gasteiger partial charge in [0.05, 0.1) is 17.8 Å². The molecule has 1 aliphatic heterocycles. The molecule has 0 aliphatic carbocycles. The van der Waals surface area contributed by atoms with E-state index in [0.29, 0.717) is 46.7 Å². The molecule has 3 heterocycles. The van der Waals surface area contributed by atoms with E-state index in [1.807, 2.05) is 13.8 Å². The van der Waals surface area contributed by atoms with Crippen molar-refractivity contribution in [2.45, 2.75) is 24.6 Å². The number of pyridine rings is 1. The van der Waals surface area contributed by atoms with Gasteiger partial charge in [0, 0.05) is 23.6 Å². The molecule has 9 heteroatoms. The third kappa shape index (κ3) is 4.51. The molecule has 4 rings (SSSR count). The van der Waals surface area contributed by atoms with Crippen LogP contribution in [0.5, 0.6) is 17.2 Å². The Morgan fingerprint density at radius 2 is 2.10 bits per heavy atom. The Morgan fingerprint density at radius 1 is 1.23 bits per heavy atom. The van der Waals surface area contributed by atoms with Crippen molar-refractivity contribution in [1.82, 2.24) is 15.5 Å². The second-order valence-corrected chi connectivity index (χ2v) is 7.53. The molecule has 1 aliphatic rings. The average molecular weight is 427 g/mol. The number of nitrogens with one attached hydrogen (secondary N) is 1. The molecule has 0 atom stereocenters. The number of fused-ring (bicyclic) bond motifs is 1. The van der Waals surface area contributed by atoms with E-state index in [2.05, 4.69) is 15.5 Å².